The van der Waals surface area contributed by atoms with Crippen LogP contribution in [0.5, 0.6) is 0 Å². The Bertz CT molecular complexity index is 578. The van der Waals surface area contributed by atoms with Gasteiger partial charge in [0.15, 0.2) is 5.96 Å². The molecule has 9 nitrogen and oxygen atoms in total. The van der Waals surface area contributed by atoms with Crippen LogP contribution in [0.25, 0.3) is 0 Å². The maximum absolute atomic E-state index is 11.9. The molecule has 1 aliphatic heterocycles. The van der Waals surface area contributed by atoms with Crippen LogP contribution in [0.15, 0.2) is 4.99 Å². The molecule has 1 heterocycles. The fourth-order valence-electron chi connectivity index (χ4n) is 2.64. The molecule has 0 aromatic heterocycles. The standard InChI is InChI=1S/C17H35N5O4S.HI/c1-5-18-17(19-6-11-26-12-13-27(4,24)25)22-9-7-21(8-10-22)14-16(23)20-15(2)3;/h15H,5-14H2,1-4H3,(H,18,19)(H,20,23);1H. The number of guanidine groups is 1. The number of sulfone groups is 1. The van der Waals surface area contributed by atoms with Crippen LogP contribution in [-0.4, -0.2) is 107 Å². The number of aliphatic imine (C=N–C) groups is 1. The number of halogens is 1. The molecule has 1 aliphatic rings. The van der Waals surface area contributed by atoms with Gasteiger partial charge in [-0.1, -0.05) is 0 Å². The van der Waals surface area contributed by atoms with Crippen LogP contribution in [0.2, 0.25) is 0 Å². The van der Waals surface area contributed by atoms with Crippen molar-refractivity contribution in [1.29, 1.82) is 0 Å². The minimum Gasteiger partial charge on any atom is -0.378 e. The first-order valence-electron chi connectivity index (χ1n) is 9.51. The highest BCUT2D eigenvalue weighted by Crippen LogP contribution is 2.02. The lowest BCUT2D eigenvalue weighted by Crippen LogP contribution is -2.54. The third kappa shape index (κ3) is 12.7. The van der Waals surface area contributed by atoms with Crippen molar-refractivity contribution < 1.29 is 17.9 Å². The molecule has 1 saturated heterocycles. The summed E-state index contributed by atoms with van der Waals surface area (Å²) in [6.45, 7) is 11.4. The highest BCUT2D eigenvalue weighted by Gasteiger charge is 2.21. The van der Waals surface area contributed by atoms with Gasteiger partial charge in [-0.2, -0.15) is 0 Å². The van der Waals surface area contributed by atoms with E-state index >= 15 is 0 Å². The van der Waals surface area contributed by atoms with Crippen LogP contribution in [0.4, 0.5) is 0 Å². The second kappa shape index (κ2) is 14.3. The number of hydrogen-bond donors (Lipinski definition) is 2. The molecule has 0 aliphatic carbocycles. The Morgan fingerprint density at radius 2 is 1.82 bits per heavy atom. The minimum atomic E-state index is -2.99. The number of hydrogen-bond acceptors (Lipinski definition) is 6. The molecule has 0 radical (unpaired) electrons. The number of piperazine rings is 1. The average molecular weight is 533 g/mol. The second-order valence-electron chi connectivity index (χ2n) is 6.96. The Morgan fingerprint density at radius 1 is 1.18 bits per heavy atom. The zero-order valence-electron chi connectivity index (χ0n) is 17.4. The summed E-state index contributed by atoms with van der Waals surface area (Å²) in [4.78, 5) is 20.8. The van der Waals surface area contributed by atoms with Gasteiger partial charge in [-0.25, -0.2) is 8.42 Å². The van der Waals surface area contributed by atoms with E-state index in [0.29, 0.717) is 19.7 Å². The van der Waals surface area contributed by atoms with Gasteiger partial charge in [0.2, 0.25) is 5.91 Å². The number of carbonyl (C=O) groups is 1. The summed E-state index contributed by atoms with van der Waals surface area (Å²) in [5.41, 5.74) is 0. The number of nitrogens with zero attached hydrogens (tertiary/aromatic N) is 3. The molecule has 11 heteroatoms. The summed E-state index contributed by atoms with van der Waals surface area (Å²) in [5, 5.41) is 6.19. The summed E-state index contributed by atoms with van der Waals surface area (Å²) in [5.74, 6) is 0.920. The molecule has 0 saturated carbocycles. The van der Waals surface area contributed by atoms with Gasteiger partial charge < -0.3 is 20.3 Å². The second-order valence-corrected chi connectivity index (χ2v) is 9.22. The van der Waals surface area contributed by atoms with E-state index < -0.39 is 9.84 Å². The zero-order valence-corrected chi connectivity index (χ0v) is 20.6. The first-order valence-corrected chi connectivity index (χ1v) is 11.6. The van der Waals surface area contributed by atoms with Gasteiger partial charge in [0.05, 0.1) is 32.1 Å². The fourth-order valence-corrected chi connectivity index (χ4v) is 3.06. The van der Waals surface area contributed by atoms with Crippen LogP contribution in [-0.2, 0) is 19.4 Å². The average Bonchev–Trinajstić information content (AvgIpc) is 2.56. The molecule has 0 spiro atoms. The largest absolute Gasteiger partial charge is 0.378 e. The lowest BCUT2D eigenvalue weighted by Gasteiger charge is -2.36. The topological polar surface area (TPSA) is 103 Å². The van der Waals surface area contributed by atoms with Crippen LogP contribution < -0.4 is 10.6 Å². The highest BCUT2D eigenvalue weighted by atomic mass is 127. The van der Waals surface area contributed by atoms with Crippen molar-refractivity contribution >= 4 is 45.7 Å². The van der Waals surface area contributed by atoms with Gasteiger partial charge in [0.25, 0.3) is 0 Å². The third-order valence-corrected chi connectivity index (χ3v) is 4.83. The molecule has 166 valence electrons. The van der Waals surface area contributed by atoms with Gasteiger partial charge >= 0.3 is 0 Å². The normalized spacial score (nSPS) is 16.0. The highest BCUT2D eigenvalue weighted by molar-refractivity contribution is 14.0. The molecule has 28 heavy (non-hydrogen) atoms. The van der Waals surface area contributed by atoms with E-state index in [1.54, 1.807) is 0 Å². The smallest absolute Gasteiger partial charge is 0.234 e. The first kappa shape index (κ1) is 27.3. The van der Waals surface area contributed by atoms with Crippen LogP contribution >= 0.6 is 24.0 Å². The summed E-state index contributed by atoms with van der Waals surface area (Å²) >= 11 is 0. The van der Waals surface area contributed by atoms with E-state index in [2.05, 4.69) is 25.4 Å². The van der Waals surface area contributed by atoms with E-state index in [1.807, 2.05) is 20.8 Å². The third-order valence-electron chi connectivity index (χ3n) is 3.92. The number of rotatable bonds is 10. The van der Waals surface area contributed by atoms with Gasteiger partial charge in [0.1, 0.15) is 9.84 Å². The van der Waals surface area contributed by atoms with Crippen LogP contribution in [0.3, 0.4) is 0 Å². The van der Waals surface area contributed by atoms with Crippen molar-refractivity contribution in [2.24, 2.45) is 4.99 Å². The quantitative estimate of drug-likeness (QED) is 0.173. The van der Waals surface area contributed by atoms with E-state index in [4.69, 9.17) is 4.74 Å². The van der Waals surface area contributed by atoms with E-state index in [-0.39, 0.29) is 48.3 Å². The molecule has 1 amide bonds. The number of carbonyl (C=O) groups excluding carboxylic acids is 1. The number of amides is 1. The van der Waals surface area contributed by atoms with Crippen LogP contribution in [0.1, 0.15) is 20.8 Å². The van der Waals surface area contributed by atoms with Crippen molar-refractivity contribution in [3.63, 3.8) is 0 Å². The van der Waals surface area contributed by atoms with Gasteiger partial charge in [0, 0.05) is 45.0 Å². The molecule has 0 aromatic carbocycles. The minimum absolute atomic E-state index is 0. The number of nitrogens with one attached hydrogen (secondary N) is 2. The molecule has 0 bridgehead atoms. The Labute approximate surface area is 186 Å². The van der Waals surface area contributed by atoms with Gasteiger partial charge in [-0.3, -0.25) is 14.7 Å². The zero-order chi connectivity index (χ0) is 20.3. The molecule has 1 fully saturated rings. The Hall–Kier alpha value is -0.660. The predicted octanol–water partition coefficient (Wildman–Crippen LogP) is -0.227. The van der Waals surface area contributed by atoms with Crippen molar-refractivity contribution in [3.8, 4) is 0 Å². The summed E-state index contributed by atoms with van der Waals surface area (Å²) in [6, 6.07) is 0.158. The van der Waals surface area contributed by atoms with Crippen molar-refractivity contribution in [1.82, 2.24) is 20.4 Å². The predicted molar refractivity (Wildman–Crippen MR) is 123 cm³/mol. The van der Waals surface area contributed by atoms with E-state index in [0.717, 1.165) is 38.7 Å². The fraction of sp³-hybridized carbons (Fsp3) is 0.882. The monoisotopic (exact) mass is 533 g/mol. The molecular formula is C17H36IN5O4S. The lowest BCUT2D eigenvalue weighted by atomic mass is 10.3. The SMILES string of the molecule is CCNC(=NCCOCCS(C)(=O)=O)N1CCN(CC(=O)NC(C)C)CC1.I. The summed E-state index contributed by atoms with van der Waals surface area (Å²) in [7, 11) is -2.99. The summed E-state index contributed by atoms with van der Waals surface area (Å²) < 4.78 is 27.4. The Balaban J connectivity index is 0.00000729. The first-order chi connectivity index (χ1) is 12.7. The molecule has 1 rings (SSSR count). The molecule has 0 unspecified atom stereocenters. The molecule has 2 N–H and O–H groups in total. The van der Waals surface area contributed by atoms with Crippen molar-refractivity contribution in [3.05, 3.63) is 0 Å². The van der Waals surface area contributed by atoms with Crippen LogP contribution in [0, 0.1) is 0 Å². The van der Waals surface area contributed by atoms with E-state index in [9.17, 15) is 13.2 Å². The van der Waals surface area contributed by atoms with E-state index in [1.165, 1.54) is 6.26 Å². The Kier molecular flexibility index (Phi) is 14.0. The number of ether oxygens (including phenoxy) is 1. The maximum Gasteiger partial charge on any atom is 0.234 e. The maximum atomic E-state index is 11.9. The van der Waals surface area contributed by atoms with Gasteiger partial charge in [-0.05, 0) is 20.8 Å². The molecule has 0 aromatic rings. The van der Waals surface area contributed by atoms with Gasteiger partial charge in [-0.15, -0.1) is 24.0 Å². The Morgan fingerprint density at radius 3 is 2.36 bits per heavy atom. The van der Waals surface area contributed by atoms with Crippen molar-refractivity contribution in [2.45, 2.75) is 26.8 Å². The van der Waals surface area contributed by atoms with Crippen molar-refractivity contribution in [2.75, 3.05) is 71.0 Å². The summed E-state index contributed by atoms with van der Waals surface area (Å²) in [6.07, 6.45) is 1.20. The lowest BCUT2D eigenvalue weighted by molar-refractivity contribution is -0.123. The molecule has 0 atom stereocenters. The molecular weight excluding hydrogens is 497 g/mol.